The summed E-state index contributed by atoms with van der Waals surface area (Å²) in [6.45, 7) is -5.72. The Labute approximate surface area is 317 Å². The Balaban J connectivity index is 1.56. The Morgan fingerprint density at radius 3 is 1.25 bits per heavy atom. The fourth-order valence-electron chi connectivity index (χ4n) is 6.52. The molecule has 0 spiro atoms. The van der Waals surface area contributed by atoms with Crippen molar-refractivity contribution >= 4 is 0 Å². The van der Waals surface area contributed by atoms with Crippen molar-refractivity contribution < 1.29 is 130 Å². The first kappa shape index (κ1) is 47.6. The van der Waals surface area contributed by atoms with Gasteiger partial charge in [0, 0.05) is 0 Å². The van der Waals surface area contributed by atoms with Gasteiger partial charge < -0.3 is 130 Å². The first-order valence-corrected chi connectivity index (χ1v) is 17.5. The fraction of sp³-hybridized carbons (Fsp3) is 1.00. The van der Waals surface area contributed by atoms with Crippen LogP contribution in [0.2, 0.25) is 0 Å². The molecule has 330 valence electrons. The zero-order valence-electron chi connectivity index (χ0n) is 29.4. The number of hydrogen-bond acceptors (Lipinski definition) is 26. The molecule has 26 nitrogen and oxygen atoms in total. The number of rotatable bonds is 17. The minimum absolute atomic E-state index is 0.827. The highest BCUT2D eigenvalue weighted by molar-refractivity contribution is 4.97. The summed E-state index contributed by atoms with van der Waals surface area (Å²) in [5, 5.41) is 184. The molecule has 56 heavy (non-hydrogen) atoms. The number of aliphatic hydroxyl groups excluding tert-OH is 18. The maximum absolute atomic E-state index is 11.2. The van der Waals surface area contributed by atoms with Crippen molar-refractivity contribution in [1.82, 2.24) is 0 Å². The Hall–Kier alpha value is -1.04. The molecule has 0 amide bonds. The molecule has 26 heteroatoms. The molecule has 24 atom stereocenters. The van der Waals surface area contributed by atoms with E-state index in [4.69, 9.17) is 37.9 Å². The van der Waals surface area contributed by atoms with Gasteiger partial charge in [0.15, 0.2) is 25.2 Å². The third kappa shape index (κ3) is 10.3. The van der Waals surface area contributed by atoms with Crippen LogP contribution in [0.3, 0.4) is 0 Å². The average Bonchev–Trinajstić information content (AvgIpc) is 3.20. The van der Waals surface area contributed by atoms with Gasteiger partial charge in [-0.05, 0) is 0 Å². The van der Waals surface area contributed by atoms with Gasteiger partial charge in [0.1, 0.15) is 122 Å². The highest BCUT2D eigenvalue weighted by atomic mass is 16.8. The van der Waals surface area contributed by atoms with E-state index in [1.807, 2.05) is 0 Å². The van der Waals surface area contributed by atoms with E-state index in [1.165, 1.54) is 0 Å². The van der Waals surface area contributed by atoms with Crippen LogP contribution in [0.25, 0.3) is 0 Å². The molecule has 4 aliphatic heterocycles. The molecule has 4 heterocycles. The maximum Gasteiger partial charge on any atom is 0.187 e. The van der Waals surface area contributed by atoms with Gasteiger partial charge in [-0.15, -0.1) is 0 Å². The van der Waals surface area contributed by atoms with E-state index in [9.17, 15) is 91.9 Å². The lowest BCUT2D eigenvalue weighted by atomic mass is 9.96. The van der Waals surface area contributed by atoms with Crippen molar-refractivity contribution in [2.75, 3.05) is 39.6 Å². The second-order valence-corrected chi connectivity index (χ2v) is 13.8. The van der Waals surface area contributed by atoms with Gasteiger partial charge in [0.2, 0.25) is 0 Å². The monoisotopic (exact) mass is 830 g/mol. The van der Waals surface area contributed by atoms with Crippen molar-refractivity contribution in [2.45, 2.75) is 147 Å². The van der Waals surface area contributed by atoms with Crippen LogP contribution in [0, 0.1) is 0 Å². The zero-order chi connectivity index (χ0) is 41.8. The van der Waals surface area contributed by atoms with E-state index in [2.05, 4.69) is 0 Å². The van der Waals surface area contributed by atoms with Crippen molar-refractivity contribution in [3.63, 3.8) is 0 Å². The zero-order valence-corrected chi connectivity index (χ0v) is 29.4. The van der Waals surface area contributed by atoms with Crippen molar-refractivity contribution in [3.05, 3.63) is 0 Å². The summed E-state index contributed by atoms with van der Waals surface area (Å²) in [5.41, 5.74) is 0. The van der Waals surface area contributed by atoms with Gasteiger partial charge in [0.25, 0.3) is 0 Å². The van der Waals surface area contributed by atoms with Crippen molar-refractivity contribution in [1.29, 1.82) is 0 Å². The van der Waals surface area contributed by atoms with Gasteiger partial charge in [-0.3, -0.25) is 0 Å². The Bertz CT molecular complexity index is 1160. The smallest absolute Gasteiger partial charge is 0.187 e. The minimum Gasteiger partial charge on any atom is -0.394 e. The van der Waals surface area contributed by atoms with E-state index < -0.39 is 187 Å². The fourth-order valence-corrected chi connectivity index (χ4v) is 6.52. The lowest BCUT2D eigenvalue weighted by Crippen LogP contribution is -2.66. The quantitative estimate of drug-likeness (QED) is 0.0647. The third-order valence-corrected chi connectivity index (χ3v) is 9.94. The summed E-state index contributed by atoms with van der Waals surface area (Å²) in [4.78, 5) is 0. The lowest BCUT2D eigenvalue weighted by Gasteiger charge is -2.48. The van der Waals surface area contributed by atoms with Gasteiger partial charge in [-0.25, -0.2) is 0 Å². The van der Waals surface area contributed by atoms with Gasteiger partial charge >= 0.3 is 0 Å². The van der Waals surface area contributed by atoms with E-state index in [0.717, 1.165) is 0 Å². The predicted molar refractivity (Wildman–Crippen MR) is 169 cm³/mol. The second kappa shape index (κ2) is 21.0. The SMILES string of the molecule is OC[C@@H](O)[C@H](O[C@H]1O[C@H](CO[C@@H]2O[C@H](CO)[C@@H](O[C@@H]3O[C@H](CO)[C@H](O)[C@H](O)[C@H]3O)[C@H](O)[C@H]2O)[C@@H](O[C@@H]2O[C@H](CO)[C@@H](O)[C@H](O)[C@H]2O)[C@H](O)[C@H]1O)[C@H](O)[C@@H](O)CO. The Morgan fingerprint density at radius 1 is 0.411 bits per heavy atom. The molecule has 0 aromatic heterocycles. The molecule has 0 unspecified atom stereocenters. The van der Waals surface area contributed by atoms with E-state index in [-0.39, 0.29) is 0 Å². The van der Waals surface area contributed by atoms with Crippen LogP contribution in [0.4, 0.5) is 0 Å². The second-order valence-electron chi connectivity index (χ2n) is 13.8. The molecular formula is C30H54O26. The predicted octanol–water partition coefficient (Wildman–Crippen LogP) is -12.3. The highest BCUT2D eigenvalue weighted by Crippen LogP contribution is 2.33. The Kier molecular flexibility index (Phi) is 17.8. The van der Waals surface area contributed by atoms with E-state index >= 15 is 0 Å². The molecule has 4 saturated heterocycles. The van der Waals surface area contributed by atoms with Crippen molar-refractivity contribution in [2.24, 2.45) is 0 Å². The molecule has 18 N–H and O–H groups in total. The van der Waals surface area contributed by atoms with E-state index in [0.29, 0.717) is 0 Å². The Morgan fingerprint density at radius 2 is 0.804 bits per heavy atom. The summed E-state index contributed by atoms with van der Waals surface area (Å²) < 4.78 is 44.1. The molecule has 4 aliphatic rings. The van der Waals surface area contributed by atoms with Crippen LogP contribution in [0.15, 0.2) is 0 Å². The van der Waals surface area contributed by atoms with Crippen LogP contribution in [0.1, 0.15) is 0 Å². The molecular weight excluding hydrogens is 776 g/mol. The molecule has 0 aromatic carbocycles. The van der Waals surface area contributed by atoms with Crippen LogP contribution in [0.5, 0.6) is 0 Å². The molecule has 4 rings (SSSR count). The molecule has 0 saturated carbocycles. The summed E-state index contributed by atoms with van der Waals surface area (Å²) in [7, 11) is 0. The van der Waals surface area contributed by atoms with Gasteiger partial charge in [0.05, 0.1) is 39.6 Å². The first-order chi connectivity index (χ1) is 26.4. The topological polar surface area (TPSA) is 438 Å². The molecule has 4 fully saturated rings. The molecule has 0 bridgehead atoms. The normalized spacial score (nSPS) is 47.2. The first-order valence-electron chi connectivity index (χ1n) is 17.5. The lowest BCUT2D eigenvalue weighted by molar-refractivity contribution is -0.379. The largest absolute Gasteiger partial charge is 0.394 e. The summed E-state index contributed by atoms with van der Waals surface area (Å²) in [5.74, 6) is 0. The number of ether oxygens (including phenoxy) is 8. The van der Waals surface area contributed by atoms with Gasteiger partial charge in [-0.2, -0.15) is 0 Å². The maximum atomic E-state index is 11.2. The molecule has 0 aliphatic carbocycles. The number of hydrogen-bond donors (Lipinski definition) is 18. The van der Waals surface area contributed by atoms with E-state index in [1.54, 1.807) is 0 Å². The summed E-state index contributed by atoms with van der Waals surface area (Å²) in [6, 6.07) is 0. The van der Waals surface area contributed by atoms with Gasteiger partial charge in [-0.1, -0.05) is 0 Å². The average molecular weight is 831 g/mol. The van der Waals surface area contributed by atoms with Crippen LogP contribution >= 0.6 is 0 Å². The number of aliphatic hydroxyl groups is 18. The standard InChI is InChI=1S/C30H54O26/c31-1-7(36)13(38)24(8(37)2-32)54-30-23(48)19(44)26(56-29-21(46)17(42)15(40)10(4-34)51-29)12(53-30)6-49-27-22(47)18(43)25(11(5-35)52-27)55-28-20(45)16(41)14(39)9(3-33)50-28/h7-48H,1-6H2/t7-,8+,9+,10+,11+,12+,13+,14-,15+,16-,17-,18+,19+,20+,21+,22+,23+,24-,25+,26+,27+,28-,29-,30+/m0/s1. The van der Waals surface area contributed by atoms with Crippen LogP contribution in [-0.2, 0) is 37.9 Å². The summed E-state index contributed by atoms with van der Waals surface area (Å²) in [6.07, 6.45) is -45.8. The van der Waals surface area contributed by atoms with Crippen LogP contribution < -0.4 is 0 Å². The highest BCUT2D eigenvalue weighted by Gasteiger charge is 2.54. The summed E-state index contributed by atoms with van der Waals surface area (Å²) >= 11 is 0. The van der Waals surface area contributed by atoms with Crippen LogP contribution in [-0.4, -0.2) is 279 Å². The minimum atomic E-state index is -2.20. The molecule has 0 radical (unpaired) electrons. The third-order valence-electron chi connectivity index (χ3n) is 9.94. The molecule has 0 aromatic rings. The van der Waals surface area contributed by atoms with Crippen molar-refractivity contribution in [3.8, 4) is 0 Å².